The third-order valence-electron chi connectivity index (χ3n) is 3.54. The van der Waals surface area contributed by atoms with Crippen LogP contribution in [0.1, 0.15) is 36.5 Å². The largest absolute Gasteiger partial charge is 0.372 e. The summed E-state index contributed by atoms with van der Waals surface area (Å²) in [5.41, 5.74) is 1.90. The molecule has 0 fully saturated rings. The maximum absolute atomic E-state index is 13.1. The lowest BCUT2D eigenvalue weighted by molar-refractivity contribution is 0.0706. The summed E-state index contributed by atoms with van der Waals surface area (Å²) < 4.78 is 23.6. The molecule has 0 bridgehead atoms. The van der Waals surface area contributed by atoms with E-state index < -0.39 is 0 Å². The molecule has 0 aliphatic carbocycles. The Bertz CT molecular complexity index is 906. The number of rotatable bonds is 4. The van der Waals surface area contributed by atoms with Crippen molar-refractivity contribution < 1.29 is 13.7 Å². The highest BCUT2D eigenvalue weighted by molar-refractivity contribution is 5.50. The number of pyridine rings is 1. The minimum atomic E-state index is -0.311. The van der Waals surface area contributed by atoms with Crippen LogP contribution in [-0.4, -0.2) is 22.2 Å². The van der Waals surface area contributed by atoms with Crippen LogP contribution >= 0.6 is 0 Å². The fourth-order valence-electron chi connectivity index (χ4n) is 2.22. The van der Waals surface area contributed by atoms with E-state index in [2.05, 4.69) is 27.0 Å². The smallest absolute Gasteiger partial charge is 0.256 e. The quantitative estimate of drug-likeness (QED) is 0.678. The van der Waals surface area contributed by atoms with Gasteiger partial charge in [-0.25, -0.2) is 4.39 Å². The second-order valence-electron chi connectivity index (χ2n) is 5.28. The van der Waals surface area contributed by atoms with Crippen LogP contribution in [0.15, 0.2) is 47.1 Å². The highest BCUT2D eigenvalue weighted by atomic mass is 19.1. The number of hydrogen-bond acceptors (Lipinski definition) is 5. The van der Waals surface area contributed by atoms with Crippen LogP contribution in [-0.2, 0) is 4.74 Å². The number of benzene rings is 1. The highest BCUT2D eigenvalue weighted by Gasteiger charge is 2.17. The molecule has 0 saturated heterocycles. The van der Waals surface area contributed by atoms with Crippen LogP contribution in [0.5, 0.6) is 0 Å². The molecule has 1 aromatic carbocycles. The molecule has 126 valence electrons. The molecule has 6 heteroatoms. The van der Waals surface area contributed by atoms with Crippen LogP contribution in [0.2, 0.25) is 0 Å². The Morgan fingerprint density at radius 3 is 2.72 bits per heavy atom. The molecular formula is C19H16FN3O2. The summed E-state index contributed by atoms with van der Waals surface area (Å²) >= 11 is 0. The first-order chi connectivity index (χ1) is 12.2. The van der Waals surface area contributed by atoms with E-state index in [-0.39, 0.29) is 11.9 Å². The first-order valence-corrected chi connectivity index (χ1v) is 7.80. The Morgan fingerprint density at radius 1 is 1.20 bits per heavy atom. The molecule has 3 rings (SSSR count). The maximum Gasteiger partial charge on any atom is 0.256 e. The molecule has 0 spiro atoms. The van der Waals surface area contributed by atoms with Crippen LogP contribution in [0.4, 0.5) is 4.39 Å². The van der Waals surface area contributed by atoms with Gasteiger partial charge in [-0.05, 0) is 36.8 Å². The normalized spacial score (nSPS) is 11.6. The molecule has 0 saturated carbocycles. The van der Waals surface area contributed by atoms with Gasteiger partial charge in [0, 0.05) is 24.4 Å². The van der Waals surface area contributed by atoms with E-state index in [4.69, 9.17) is 9.26 Å². The number of ether oxygens (including phenoxy) is 1. The SMILES string of the molecule is CCC(OC)c1nc(-c2ccc(C#Cc3cccc(F)c3)cn2)no1. The van der Waals surface area contributed by atoms with Crippen molar-refractivity contribution in [1.82, 2.24) is 15.1 Å². The van der Waals surface area contributed by atoms with Crippen LogP contribution in [0, 0.1) is 17.7 Å². The van der Waals surface area contributed by atoms with E-state index in [1.54, 1.807) is 37.6 Å². The Hall–Kier alpha value is -3.04. The van der Waals surface area contributed by atoms with Crippen molar-refractivity contribution in [2.45, 2.75) is 19.4 Å². The maximum atomic E-state index is 13.1. The van der Waals surface area contributed by atoms with Crippen LogP contribution < -0.4 is 0 Å². The van der Waals surface area contributed by atoms with Gasteiger partial charge in [0.25, 0.3) is 5.89 Å². The fourth-order valence-corrected chi connectivity index (χ4v) is 2.22. The summed E-state index contributed by atoms with van der Waals surface area (Å²) in [6, 6.07) is 9.70. The van der Waals surface area contributed by atoms with Crippen molar-refractivity contribution >= 4 is 0 Å². The van der Waals surface area contributed by atoms with E-state index >= 15 is 0 Å². The van der Waals surface area contributed by atoms with Gasteiger partial charge in [-0.2, -0.15) is 4.98 Å². The summed E-state index contributed by atoms with van der Waals surface area (Å²) in [6.45, 7) is 1.97. The van der Waals surface area contributed by atoms with Crippen molar-refractivity contribution in [3.05, 3.63) is 65.4 Å². The van der Waals surface area contributed by atoms with Crippen molar-refractivity contribution in [2.75, 3.05) is 7.11 Å². The third kappa shape index (κ3) is 4.08. The van der Waals surface area contributed by atoms with E-state index in [1.807, 2.05) is 6.92 Å². The summed E-state index contributed by atoms with van der Waals surface area (Å²) in [5, 5.41) is 3.93. The van der Waals surface area contributed by atoms with Gasteiger partial charge >= 0.3 is 0 Å². The Morgan fingerprint density at radius 2 is 2.04 bits per heavy atom. The molecule has 1 unspecified atom stereocenters. The lowest BCUT2D eigenvalue weighted by Gasteiger charge is -2.05. The van der Waals surface area contributed by atoms with Gasteiger partial charge in [0.15, 0.2) is 0 Å². The number of hydrogen-bond donors (Lipinski definition) is 0. The second kappa shape index (κ2) is 7.69. The van der Waals surface area contributed by atoms with Crippen molar-refractivity contribution in [3.63, 3.8) is 0 Å². The topological polar surface area (TPSA) is 61.0 Å². The predicted molar refractivity (Wildman–Crippen MR) is 90.0 cm³/mol. The molecule has 0 aliphatic rings. The molecule has 1 atom stereocenters. The van der Waals surface area contributed by atoms with Crippen LogP contribution in [0.3, 0.4) is 0 Å². The Balaban J connectivity index is 1.77. The number of nitrogens with zero attached hydrogens (tertiary/aromatic N) is 3. The Kier molecular flexibility index (Phi) is 5.17. The molecule has 5 nitrogen and oxygen atoms in total. The second-order valence-corrected chi connectivity index (χ2v) is 5.28. The van der Waals surface area contributed by atoms with Gasteiger partial charge in [0.2, 0.25) is 5.82 Å². The van der Waals surface area contributed by atoms with Gasteiger partial charge < -0.3 is 9.26 Å². The molecule has 0 aliphatic heterocycles. The lowest BCUT2D eigenvalue weighted by atomic mass is 10.2. The zero-order valence-electron chi connectivity index (χ0n) is 13.9. The fraction of sp³-hybridized carbons (Fsp3) is 0.211. The number of aromatic nitrogens is 3. The molecule has 2 heterocycles. The van der Waals surface area contributed by atoms with Gasteiger partial charge in [-0.1, -0.05) is 30.0 Å². The van der Waals surface area contributed by atoms with E-state index in [1.165, 1.54) is 12.1 Å². The lowest BCUT2D eigenvalue weighted by Crippen LogP contribution is -1.99. The molecule has 0 amide bonds. The molecule has 0 radical (unpaired) electrons. The average Bonchev–Trinajstić information content (AvgIpc) is 3.11. The van der Waals surface area contributed by atoms with Gasteiger partial charge in [-0.3, -0.25) is 4.98 Å². The van der Waals surface area contributed by atoms with Gasteiger partial charge in [0.05, 0.1) is 0 Å². The van der Waals surface area contributed by atoms with E-state index in [0.29, 0.717) is 28.5 Å². The monoisotopic (exact) mass is 337 g/mol. The van der Waals surface area contributed by atoms with Crippen molar-refractivity contribution in [3.8, 4) is 23.4 Å². The molecule has 25 heavy (non-hydrogen) atoms. The van der Waals surface area contributed by atoms with Gasteiger partial charge in [0.1, 0.15) is 17.6 Å². The predicted octanol–water partition coefficient (Wildman–Crippen LogP) is 3.77. The minimum absolute atomic E-state index is 0.224. The zero-order valence-corrected chi connectivity index (χ0v) is 13.9. The van der Waals surface area contributed by atoms with Crippen molar-refractivity contribution in [2.24, 2.45) is 0 Å². The molecule has 3 aromatic rings. The average molecular weight is 337 g/mol. The summed E-state index contributed by atoms with van der Waals surface area (Å²) in [4.78, 5) is 8.61. The minimum Gasteiger partial charge on any atom is -0.372 e. The van der Waals surface area contributed by atoms with Crippen molar-refractivity contribution in [1.29, 1.82) is 0 Å². The third-order valence-corrected chi connectivity index (χ3v) is 3.54. The van der Waals surface area contributed by atoms with Crippen LogP contribution in [0.25, 0.3) is 11.5 Å². The number of halogens is 1. The Labute approximate surface area is 144 Å². The summed E-state index contributed by atoms with van der Waals surface area (Å²) in [7, 11) is 1.60. The highest BCUT2D eigenvalue weighted by Crippen LogP contribution is 2.21. The molecule has 0 N–H and O–H groups in total. The van der Waals surface area contributed by atoms with E-state index in [9.17, 15) is 4.39 Å². The summed E-state index contributed by atoms with van der Waals surface area (Å²) in [6.07, 6.45) is 2.13. The molecule has 2 aromatic heterocycles. The first-order valence-electron chi connectivity index (χ1n) is 7.80. The number of methoxy groups -OCH3 is 1. The zero-order chi connectivity index (χ0) is 17.6. The summed E-state index contributed by atoms with van der Waals surface area (Å²) in [5.74, 6) is 6.36. The van der Waals surface area contributed by atoms with E-state index in [0.717, 1.165) is 6.42 Å². The first kappa shape index (κ1) is 16.8. The molecular weight excluding hydrogens is 321 g/mol. The standard InChI is InChI=1S/C19H16FN3O2/c1-3-17(24-2)19-22-18(23-25-19)16-10-9-14(12-21-16)8-7-13-5-4-6-15(20)11-13/h4-6,9-12,17H,3H2,1-2H3. The van der Waals surface area contributed by atoms with Gasteiger partial charge in [-0.15, -0.1) is 0 Å².